The SMILES string of the molecule is CCCCCCCCCCCCCCCCCC(=O)NN=Cc1cc(OC)ccc1OC. The third-order valence-electron chi connectivity index (χ3n) is 5.84. The zero-order valence-electron chi connectivity index (χ0n) is 20.8. The Morgan fingerprint density at radius 3 is 1.84 bits per heavy atom. The highest BCUT2D eigenvalue weighted by atomic mass is 16.5. The van der Waals surface area contributed by atoms with Gasteiger partial charge in [-0.05, 0) is 24.6 Å². The van der Waals surface area contributed by atoms with Crippen LogP contribution in [0.15, 0.2) is 23.3 Å². The average molecular weight is 447 g/mol. The summed E-state index contributed by atoms with van der Waals surface area (Å²) in [4.78, 5) is 12.0. The zero-order valence-corrected chi connectivity index (χ0v) is 20.8. The van der Waals surface area contributed by atoms with Gasteiger partial charge in [0.05, 0.1) is 20.4 Å². The van der Waals surface area contributed by atoms with Gasteiger partial charge in [-0.1, -0.05) is 96.8 Å². The van der Waals surface area contributed by atoms with Crippen molar-refractivity contribution in [3.8, 4) is 11.5 Å². The molecular weight excluding hydrogens is 400 g/mol. The summed E-state index contributed by atoms with van der Waals surface area (Å²) >= 11 is 0. The Hall–Kier alpha value is -2.04. The van der Waals surface area contributed by atoms with Crippen LogP contribution in [-0.2, 0) is 4.79 Å². The molecule has 1 aromatic carbocycles. The van der Waals surface area contributed by atoms with E-state index in [9.17, 15) is 4.79 Å². The van der Waals surface area contributed by atoms with Crippen LogP contribution in [0.2, 0.25) is 0 Å². The molecule has 0 aliphatic heterocycles. The quantitative estimate of drug-likeness (QED) is 0.129. The maximum atomic E-state index is 12.0. The van der Waals surface area contributed by atoms with E-state index in [1.54, 1.807) is 20.4 Å². The molecule has 0 bridgehead atoms. The lowest BCUT2D eigenvalue weighted by molar-refractivity contribution is -0.121. The second-order valence-electron chi connectivity index (χ2n) is 8.60. The van der Waals surface area contributed by atoms with E-state index in [2.05, 4.69) is 17.5 Å². The summed E-state index contributed by atoms with van der Waals surface area (Å²) in [6.07, 6.45) is 21.9. The molecule has 0 saturated carbocycles. The van der Waals surface area contributed by atoms with Crippen molar-refractivity contribution in [3.63, 3.8) is 0 Å². The van der Waals surface area contributed by atoms with E-state index in [0.29, 0.717) is 12.2 Å². The number of unbranched alkanes of at least 4 members (excludes halogenated alkanes) is 14. The minimum absolute atomic E-state index is 0.0437. The van der Waals surface area contributed by atoms with Crippen LogP contribution in [0.1, 0.15) is 115 Å². The first-order valence-corrected chi connectivity index (χ1v) is 12.7. The average Bonchev–Trinajstić information content (AvgIpc) is 2.81. The molecule has 0 aliphatic rings. The highest BCUT2D eigenvalue weighted by molar-refractivity contribution is 5.85. The highest BCUT2D eigenvalue weighted by Crippen LogP contribution is 2.22. The van der Waals surface area contributed by atoms with Crippen molar-refractivity contribution in [3.05, 3.63) is 23.8 Å². The van der Waals surface area contributed by atoms with Gasteiger partial charge in [0.2, 0.25) is 5.91 Å². The number of carbonyl (C=O) groups excluding carboxylic acids is 1. The molecule has 1 rings (SSSR count). The maximum absolute atomic E-state index is 12.0. The molecule has 5 heteroatoms. The van der Waals surface area contributed by atoms with Gasteiger partial charge in [-0.25, -0.2) is 5.43 Å². The Bertz CT molecular complexity index is 631. The molecule has 0 radical (unpaired) electrons. The van der Waals surface area contributed by atoms with Gasteiger partial charge in [0.25, 0.3) is 0 Å². The first-order valence-electron chi connectivity index (χ1n) is 12.7. The molecule has 0 saturated heterocycles. The van der Waals surface area contributed by atoms with Gasteiger partial charge in [0.15, 0.2) is 0 Å². The Morgan fingerprint density at radius 1 is 0.812 bits per heavy atom. The van der Waals surface area contributed by atoms with Crippen molar-refractivity contribution in [1.29, 1.82) is 0 Å². The monoisotopic (exact) mass is 446 g/mol. The zero-order chi connectivity index (χ0) is 23.3. The van der Waals surface area contributed by atoms with Gasteiger partial charge >= 0.3 is 0 Å². The summed E-state index contributed by atoms with van der Waals surface area (Å²) in [5.74, 6) is 1.36. The minimum Gasteiger partial charge on any atom is -0.497 e. The Morgan fingerprint density at radius 2 is 1.34 bits per heavy atom. The number of rotatable bonds is 20. The molecule has 1 aromatic rings. The summed E-state index contributed by atoms with van der Waals surface area (Å²) < 4.78 is 10.5. The minimum atomic E-state index is -0.0437. The fourth-order valence-electron chi connectivity index (χ4n) is 3.83. The lowest BCUT2D eigenvalue weighted by Gasteiger charge is -2.06. The molecule has 0 heterocycles. The molecule has 1 N–H and O–H groups in total. The lowest BCUT2D eigenvalue weighted by atomic mass is 10.0. The van der Waals surface area contributed by atoms with Crippen LogP contribution in [0.5, 0.6) is 11.5 Å². The van der Waals surface area contributed by atoms with Crippen molar-refractivity contribution < 1.29 is 14.3 Å². The molecule has 0 fully saturated rings. The van der Waals surface area contributed by atoms with E-state index >= 15 is 0 Å². The number of benzene rings is 1. The molecule has 0 unspecified atom stereocenters. The second-order valence-corrected chi connectivity index (χ2v) is 8.60. The van der Waals surface area contributed by atoms with Crippen LogP contribution in [0, 0.1) is 0 Å². The third kappa shape index (κ3) is 14.1. The maximum Gasteiger partial charge on any atom is 0.240 e. The highest BCUT2D eigenvalue weighted by Gasteiger charge is 2.04. The van der Waals surface area contributed by atoms with E-state index in [1.807, 2.05) is 18.2 Å². The Balaban J connectivity index is 1.97. The summed E-state index contributed by atoms with van der Waals surface area (Å²) in [6.45, 7) is 2.27. The smallest absolute Gasteiger partial charge is 0.240 e. The molecular formula is C27H46N2O3. The van der Waals surface area contributed by atoms with Crippen LogP contribution < -0.4 is 14.9 Å². The largest absolute Gasteiger partial charge is 0.497 e. The number of nitrogens with zero attached hydrogens (tertiary/aromatic N) is 1. The Labute approximate surface area is 196 Å². The van der Waals surface area contributed by atoms with Crippen LogP contribution in [0.4, 0.5) is 0 Å². The van der Waals surface area contributed by atoms with E-state index < -0.39 is 0 Å². The second kappa shape index (κ2) is 19.6. The predicted molar refractivity (Wildman–Crippen MR) is 135 cm³/mol. The summed E-state index contributed by atoms with van der Waals surface area (Å²) in [5.41, 5.74) is 3.37. The number of ether oxygens (including phenoxy) is 2. The van der Waals surface area contributed by atoms with Crippen molar-refractivity contribution in [2.24, 2.45) is 5.10 Å². The van der Waals surface area contributed by atoms with Crippen LogP contribution in [0.3, 0.4) is 0 Å². The molecule has 0 spiro atoms. The van der Waals surface area contributed by atoms with Gasteiger partial charge in [-0.3, -0.25) is 4.79 Å². The van der Waals surface area contributed by atoms with E-state index in [1.165, 1.54) is 83.5 Å². The van der Waals surface area contributed by atoms with Gasteiger partial charge < -0.3 is 9.47 Å². The number of methoxy groups -OCH3 is 2. The molecule has 0 atom stereocenters. The normalized spacial score (nSPS) is 11.1. The van der Waals surface area contributed by atoms with Gasteiger partial charge in [0.1, 0.15) is 11.5 Å². The molecule has 5 nitrogen and oxygen atoms in total. The van der Waals surface area contributed by atoms with Crippen molar-refractivity contribution >= 4 is 12.1 Å². The standard InChI is InChI=1S/C27H46N2O3/c1-4-5-6-7-8-9-10-11-12-13-14-15-16-17-18-19-27(30)29-28-23-24-22-25(31-2)20-21-26(24)32-3/h20-23H,4-19H2,1-3H3,(H,29,30). The number of carbonyl (C=O) groups is 1. The molecule has 1 amide bonds. The number of nitrogens with one attached hydrogen (secondary N) is 1. The van der Waals surface area contributed by atoms with E-state index in [0.717, 1.165) is 24.2 Å². The fourth-order valence-corrected chi connectivity index (χ4v) is 3.83. The van der Waals surface area contributed by atoms with E-state index in [-0.39, 0.29) is 5.91 Å². The van der Waals surface area contributed by atoms with E-state index in [4.69, 9.17) is 9.47 Å². The molecule has 182 valence electrons. The summed E-state index contributed by atoms with van der Waals surface area (Å²) in [7, 11) is 3.22. The van der Waals surface area contributed by atoms with Crippen molar-refractivity contribution in [2.75, 3.05) is 14.2 Å². The molecule has 32 heavy (non-hydrogen) atoms. The molecule has 0 aromatic heterocycles. The fraction of sp³-hybridized carbons (Fsp3) is 0.704. The lowest BCUT2D eigenvalue weighted by Crippen LogP contribution is -2.17. The van der Waals surface area contributed by atoms with Gasteiger partial charge in [-0.2, -0.15) is 5.10 Å². The predicted octanol–water partition coefficient (Wildman–Crippen LogP) is 7.42. The van der Waals surface area contributed by atoms with Crippen LogP contribution in [-0.4, -0.2) is 26.3 Å². The Kier molecular flexibility index (Phi) is 17.2. The third-order valence-corrected chi connectivity index (χ3v) is 5.84. The number of hydrogen-bond acceptors (Lipinski definition) is 4. The van der Waals surface area contributed by atoms with Crippen LogP contribution >= 0.6 is 0 Å². The number of amides is 1. The topological polar surface area (TPSA) is 59.9 Å². The van der Waals surface area contributed by atoms with Crippen LogP contribution in [0.25, 0.3) is 0 Å². The van der Waals surface area contributed by atoms with Gasteiger partial charge in [-0.15, -0.1) is 0 Å². The first kappa shape index (κ1) is 28.0. The summed E-state index contributed by atoms with van der Waals surface area (Å²) in [6, 6.07) is 5.46. The number of hydrazone groups is 1. The summed E-state index contributed by atoms with van der Waals surface area (Å²) in [5, 5.41) is 4.05. The number of hydrogen-bond donors (Lipinski definition) is 1. The van der Waals surface area contributed by atoms with Gasteiger partial charge in [0, 0.05) is 12.0 Å². The molecule has 0 aliphatic carbocycles. The van der Waals surface area contributed by atoms with Crippen molar-refractivity contribution in [1.82, 2.24) is 5.43 Å². The first-order chi connectivity index (χ1) is 15.7. The van der Waals surface area contributed by atoms with Crippen molar-refractivity contribution in [2.45, 2.75) is 110 Å².